The van der Waals surface area contributed by atoms with Gasteiger partial charge in [-0.2, -0.15) is 0 Å². The molecule has 4 aliphatic rings. The number of likely N-dealkylation sites (tertiary alicyclic amines) is 3. The highest BCUT2D eigenvalue weighted by molar-refractivity contribution is 6.02. The van der Waals surface area contributed by atoms with Gasteiger partial charge in [0.1, 0.15) is 24.2 Å². The molecule has 2 aromatic rings. The van der Waals surface area contributed by atoms with Crippen molar-refractivity contribution < 1.29 is 38.4 Å². The fourth-order valence-corrected chi connectivity index (χ4v) is 10.6. The van der Waals surface area contributed by atoms with Crippen LogP contribution in [0.1, 0.15) is 150 Å². The lowest BCUT2D eigenvalue weighted by Crippen LogP contribution is -2.59. The van der Waals surface area contributed by atoms with Gasteiger partial charge in [-0.05, 0) is 120 Å². The molecule has 16 heteroatoms. The van der Waals surface area contributed by atoms with E-state index in [0.717, 1.165) is 44.1 Å². The quantitative estimate of drug-likeness (QED) is 0.125. The van der Waals surface area contributed by atoms with E-state index in [1.54, 1.807) is 62.0 Å². The number of hydrogen-bond donors (Lipinski definition) is 5. The molecule has 70 heavy (non-hydrogen) atoms. The van der Waals surface area contributed by atoms with Crippen LogP contribution in [-0.4, -0.2) is 138 Å². The van der Waals surface area contributed by atoms with Crippen molar-refractivity contribution in [3.63, 3.8) is 0 Å². The maximum atomic E-state index is 14.7. The Kier molecular flexibility index (Phi) is 18.5. The van der Waals surface area contributed by atoms with E-state index >= 15 is 0 Å². The number of aryl methyl sites for hydroxylation is 1. The number of nitrogens with zero attached hydrogens (tertiary/aromatic N) is 3. The molecule has 0 bridgehead atoms. The Balaban J connectivity index is 1.18. The molecule has 2 aromatic carbocycles. The van der Waals surface area contributed by atoms with Crippen molar-refractivity contribution in [3.05, 3.63) is 70.8 Å². The lowest BCUT2D eigenvalue weighted by atomic mass is 9.85. The van der Waals surface area contributed by atoms with Gasteiger partial charge in [-0.1, -0.05) is 76.6 Å². The second-order valence-electron chi connectivity index (χ2n) is 21.3. The molecule has 3 heterocycles. The summed E-state index contributed by atoms with van der Waals surface area (Å²) in [6.45, 7) is 12.5. The molecule has 0 aromatic heterocycles. The minimum Gasteiger partial charge on any atom is -0.347 e. The first-order valence-electron chi connectivity index (χ1n) is 25.7. The van der Waals surface area contributed by atoms with Crippen LogP contribution in [0.25, 0.3) is 0 Å². The summed E-state index contributed by atoms with van der Waals surface area (Å²) in [6, 6.07) is 9.92. The van der Waals surface area contributed by atoms with Crippen LogP contribution in [0.4, 0.5) is 0 Å². The first-order valence-corrected chi connectivity index (χ1v) is 25.7. The normalized spacial score (nSPS) is 23.1. The standard InChI is InChI=1S/C54H78N8O8/c1-9-17-42(58-48(65)33(2)55-7)51(68)62-32-36(27-44(62)52(69)60-24-13-10-14-25-60)29-46(64)39-21-15-20-38(30-39)45(63)28-35-26-43(50(67)57-41-23-16-19-37-18-11-12-22-40(37)41)61(31-35)53(70)47(54(4,5)6)59-49(66)34(3)56-8/h11-12,15,18,20-22,30,33-36,41-44,47,55-56H,9-10,13-14,16-17,19,23-29,31-32H2,1-8H3,(H,57,67)(H,58,65)(H,59,66)/t33-,34-,35+,36+,41+,42-,43-,44-,47+/m0/s1. The zero-order chi connectivity index (χ0) is 50.9. The van der Waals surface area contributed by atoms with E-state index in [9.17, 15) is 38.4 Å². The van der Waals surface area contributed by atoms with Crippen molar-refractivity contribution in [2.45, 2.75) is 161 Å². The minimum absolute atomic E-state index is 0.0172. The summed E-state index contributed by atoms with van der Waals surface area (Å²) in [7, 11) is 3.34. The van der Waals surface area contributed by atoms with Gasteiger partial charge >= 0.3 is 0 Å². The summed E-state index contributed by atoms with van der Waals surface area (Å²) < 4.78 is 0. The third-order valence-electron chi connectivity index (χ3n) is 15.0. The van der Waals surface area contributed by atoms with Gasteiger partial charge in [0.25, 0.3) is 0 Å². The number of piperidine rings is 1. The van der Waals surface area contributed by atoms with Crippen molar-refractivity contribution in [1.82, 2.24) is 41.3 Å². The number of fused-ring (bicyclic) bond motifs is 1. The molecule has 0 spiro atoms. The molecule has 0 saturated carbocycles. The molecule has 5 N–H and O–H groups in total. The number of benzene rings is 2. The summed E-state index contributed by atoms with van der Waals surface area (Å²) >= 11 is 0. The van der Waals surface area contributed by atoms with Gasteiger partial charge in [0.15, 0.2) is 11.6 Å². The molecule has 3 fully saturated rings. The zero-order valence-electron chi connectivity index (χ0n) is 42.7. The van der Waals surface area contributed by atoms with Crippen molar-refractivity contribution in [3.8, 4) is 0 Å². The minimum atomic E-state index is -0.951. The number of nitrogens with one attached hydrogen (secondary N) is 5. The molecule has 0 unspecified atom stereocenters. The Morgan fingerprint density at radius 1 is 0.700 bits per heavy atom. The van der Waals surface area contributed by atoms with E-state index in [0.29, 0.717) is 43.5 Å². The number of carbonyl (C=O) groups is 8. The second kappa shape index (κ2) is 24.1. The molecule has 3 aliphatic heterocycles. The van der Waals surface area contributed by atoms with E-state index in [1.807, 2.05) is 50.8 Å². The fraction of sp³-hybridized carbons (Fsp3) is 0.630. The van der Waals surface area contributed by atoms with Gasteiger partial charge < -0.3 is 41.3 Å². The number of rotatable bonds is 19. The molecular formula is C54H78N8O8. The molecule has 3 saturated heterocycles. The van der Waals surface area contributed by atoms with E-state index < -0.39 is 53.5 Å². The number of Topliss-reactive ketones (excluding diaryl/α,β-unsaturated/α-hetero) is 2. The fourth-order valence-electron chi connectivity index (χ4n) is 10.6. The van der Waals surface area contributed by atoms with Gasteiger partial charge in [0, 0.05) is 50.1 Å². The average Bonchev–Trinajstić information content (AvgIpc) is 3.98. The highest BCUT2D eigenvalue weighted by Gasteiger charge is 2.47. The Bertz CT molecular complexity index is 2240. The maximum Gasteiger partial charge on any atom is 0.246 e. The van der Waals surface area contributed by atoms with Crippen LogP contribution < -0.4 is 26.6 Å². The summed E-state index contributed by atoms with van der Waals surface area (Å²) in [5.41, 5.74) is 2.19. The first-order chi connectivity index (χ1) is 33.3. The molecule has 0 radical (unpaired) electrons. The Morgan fingerprint density at radius 2 is 1.27 bits per heavy atom. The SMILES string of the molecule is CCC[C@H](NC(=O)[C@H](C)NC)C(=O)N1C[C@@H](CC(=O)c2cccc(C(=O)C[C@H]3C[C@@H](C(=O)N[C@@H]4CCCc5ccccc54)N(C(=O)[C@@H](NC(=O)[C@H](C)NC)C(C)(C)C)C3)c2)C[C@H]1C(=O)N1CCCCC1. The zero-order valence-corrected chi connectivity index (χ0v) is 42.7. The van der Waals surface area contributed by atoms with E-state index in [4.69, 9.17) is 0 Å². The number of carbonyl (C=O) groups excluding carboxylic acids is 8. The summed E-state index contributed by atoms with van der Waals surface area (Å²) in [5.74, 6) is -3.00. The van der Waals surface area contributed by atoms with Crippen LogP contribution in [-0.2, 0) is 35.2 Å². The van der Waals surface area contributed by atoms with Crippen LogP contribution in [0.2, 0.25) is 0 Å². The molecule has 382 valence electrons. The van der Waals surface area contributed by atoms with Crippen LogP contribution in [0.15, 0.2) is 48.5 Å². The monoisotopic (exact) mass is 967 g/mol. The highest BCUT2D eigenvalue weighted by Crippen LogP contribution is 2.35. The largest absolute Gasteiger partial charge is 0.347 e. The van der Waals surface area contributed by atoms with Gasteiger partial charge in [-0.3, -0.25) is 38.4 Å². The molecule has 16 nitrogen and oxygen atoms in total. The Labute approximate surface area is 414 Å². The van der Waals surface area contributed by atoms with E-state index in [1.165, 1.54) is 5.56 Å². The topological polar surface area (TPSA) is 206 Å². The van der Waals surface area contributed by atoms with Crippen molar-refractivity contribution in [2.75, 3.05) is 40.3 Å². The third-order valence-corrected chi connectivity index (χ3v) is 15.0. The molecular weight excluding hydrogens is 889 g/mol. The van der Waals surface area contributed by atoms with Crippen molar-refractivity contribution in [1.29, 1.82) is 0 Å². The third kappa shape index (κ3) is 13.1. The molecule has 6 rings (SSSR count). The van der Waals surface area contributed by atoms with Gasteiger partial charge in [0.2, 0.25) is 35.4 Å². The average molecular weight is 967 g/mol. The van der Waals surface area contributed by atoms with Crippen LogP contribution in [0.3, 0.4) is 0 Å². The number of ketones is 2. The van der Waals surface area contributed by atoms with Gasteiger partial charge in [0.05, 0.1) is 18.1 Å². The Hall–Kier alpha value is -5.48. The number of likely N-dealkylation sites (N-methyl/N-ethyl adjacent to an activating group) is 2. The van der Waals surface area contributed by atoms with Gasteiger partial charge in [-0.15, -0.1) is 0 Å². The second-order valence-corrected chi connectivity index (χ2v) is 21.3. The van der Waals surface area contributed by atoms with Crippen molar-refractivity contribution >= 4 is 47.0 Å². The van der Waals surface area contributed by atoms with E-state index in [-0.39, 0.29) is 85.4 Å². The Morgan fingerprint density at radius 3 is 1.86 bits per heavy atom. The molecule has 9 atom stereocenters. The lowest BCUT2D eigenvalue weighted by Gasteiger charge is -2.36. The summed E-state index contributed by atoms with van der Waals surface area (Å²) in [4.78, 5) is 117. The van der Waals surface area contributed by atoms with E-state index in [2.05, 4.69) is 32.7 Å². The lowest BCUT2D eigenvalue weighted by molar-refractivity contribution is -0.146. The predicted octanol–water partition coefficient (Wildman–Crippen LogP) is 4.50. The van der Waals surface area contributed by atoms with Crippen LogP contribution >= 0.6 is 0 Å². The van der Waals surface area contributed by atoms with Gasteiger partial charge in [-0.25, -0.2) is 0 Å². The number of amides is 6. The van der Waals surface area contributed by atoms with Crippen LogP contribution in [0, 0.1) is 17.3 Å². The molecule has 6 amide bonds. The smallest absolute Gasteiger partial charge is 0.246 e. The highest BCUT2D eigenvalue weighted by atomic mass is 16.2. The summed E-state index contributed by atoms with van der Waals surface area (Å²) in [5, 5.41) is 14.9. The first kappa shape index (κ1) is 53.9. The predicted molar refractivity (Wildman–Crippen MR) is 268 cm³/mol. The molecule has 1 aliphatic carbocycles. The number of hydrogen-bond acceptors (Lipinski definition) is 10. The van der Waals surface area contributed by atoms with Crippen molar-refractivity contribution in [2.24, 2.45) is 17.3 Å². The maximum absolute atomic E-state index is 14.7. The summed E-state index contributed by atoms with van der Waals surface area (Å²) in [6.07, 6.45) is 7.03. The van der Waals surface area contributed by atoms with Crippen LogP contribution in [0.5, 0.6) is 0 Å².